The van der Waals surface area contributed by atoms with Gasteiger partial charge in [-0.25, -0.2) is 0 Å². The fraction of sp³-hybridized carbons (Fsp3) is 0.462. The Balaban J connectivity index is 1.96. The summed E-state index contributed by atoms with van der Waals surface area (Å²) in [6.45, 7) is -0.229. The number of aliphatic hydroxyl groups is 3. The first kappa shape index (κ1) is 30.8. The normalized spacial score (nSPS) is 25.8. The fourth-order valence-electron chi connectivity index (χ4n) is 6.07. The highest BCUT2D eigenvalue weighted by molar-refractivity contribution is 6.24. The van der Waals surface area contributed by atoms with Crippen molar-refractivity contribution in [3.05, 3.63) is 34.1 Å². The van der Waals surface area contributed by atoms with Crippen LogP contribution >= 0.6 is 0 Å². The van der Waals surface area contributed by atoms with Gasteiger partial charge in [-0.2, -0.15) is 0 Å². The van der Waals surface area contributed by atoms with Crippen LogP contribution < -0.4 is 15.8 Å². The lowest BCUT2D eigenvalue weighted by Gasteiger charge is -2.50. The van der Waals surface area contributed by atoms with E-state index in [1.54, 1.807) is 14.1 Å². The zero-order chi connectivity index (χ0) is 31.6. The Hall–Kier alpha value is -4.15. The lowest BCUT2D eigenvalue weighted by atomic mass is 9.57. The van der Waals surface area contributed by atoms with Crippen LogP contribution in [0.5, 0.6) is 11.5 Å². The molecule has 0 saturated heterocycles. The predicted octanol–water partition coefficient (Wildman–Crippen LogP) is 0.363. The van der Waals surface area contributed by atoms with Gasteiger partial charge >= 0.3 is 6.36 Å². The minimum atomic E-state index is -5.23. The second-order valence-corrected chi connectivity index (χ2v) is 10.9. The minimum absolute atomic E-state index is 0.229. The molecule has 1 fully saturated rings. The molecule has 2 unspecified atom stereocenters. The van der Waals surface area contributed by atoms with E-state index in [2.05, 4.69) is 10.1 Å². The van der Waals surface area contributed by atoms with E-state index in [0.717, 1.165) is 6.07 Å². The first-order valence-electron chi connectivity index (χ1n) is 12.5. The van der Waals surface area contributed by atoms with Gasteiger partial charge in [-0.1, -0.05) is 0 Å². The number of phenols is 1. The SMILES string of the molecule is CN(C)CC(=O)Nc1cc(OC(F)(F)F)c2c(c1O)C(O)=C1C(=O)[C@]3(O)C(O)=C(C(N)=O)C(=O)[C@@H](N(C)C)C3CC1C2. The van der Waals surface area contributed by atoms with E-state index >= 15 is 0 Å². The molecule has 0 radical (unpaired) electrons. The highest BCUT2D eigenvalue weighted by Crippen LogP contribution is 2.55. The second-order valence-electron chi connectivity index (χ2n) is 10.9. The standard InChI is InChI=1S/C26H29F3N4O9/c1-32(2)8-14(34)31-12-7-13(42-26(27,28)29)10-5-9-6-11-18(33(3)4)21(37)17(24(30)40)23(39)25(11,41)22(38)15(9)20(36)16(10)19(12)35/h7,9,11,18,35-36,39,41H,5-6,8H2,1-4H3,(H2,30,40)(H,31,34)/t9?,11?,18-,25-/m0/s1. The van der Waals surface area contributed by atoms with Crippen molar-refractivity contribution in [1.82, 2.24) is 9.80 Å². The Kier molecular flexibility index (Phi) is 7.54. The number of anilines is 1. The summed E-state index contributed by atoms with van der Waals surface area (Å²) in [7, 11) is 5.90. The third kappa shape index (κ3) is 4.84. The van der Waals surface area contributed by atoms with Crippen molar-refractivity contribution in [2.24, 2.45) is 17.6 Å². The number of amides is 2. The first-order valence-corrected chi connectivity index (χ1v) is 12.5. The maximum absolute atomic E-state index is 13.9. The predicted molar refractivity (Wildman–Crippen MR) is 138 cm³/mol. The summed E-state index contributed by atoms with van der Waals surface area (Å²) in [4.78, 5) is 54.2. The van der Waals surface area contributed by atoms with Gasteiger partial charge in [0, 0.05) is 23.1 Å². The molecule has 4 rings (SSSR count). The lowest BCUT2D eigenvalue weighted by molar-refractivity contribution is -0.275. The zero-order valence-electron chi connectivity index (χ0n) is 22.9. The summed E-state index contributed by atoms with van der Waals surface area (Å²) in [5, 5.41) is 47.0. The van der Waals surface area contributed by atoms with E-state index in [0.29, 0.717) is 0 Å². The first-order chi connectivity index (χ1) is 19.3. The topological polar surface area (TPSA) is 203 Å². The Bertz CT molecular complexity index is 1470. The van der Waals surface area contributed by atoms with E-state index in [1.165, 1.54) is 23.9 Å². The number of aliphatic hydroxyl groups excluding tert-OH is 2. The van der Waals surface area contributed by atoms with Crippen LogP contribution in [0.15, 0.2) is 23.0 Å². The quantitative estimate of drug-likeness (QED) is 0.195. The van der Waals surface area contributed by atoms with Gasteiger partial charge in [-0.05, 0) is 47.0 Å². The minimum Gasteiger partial charge on any atom is -0.508 e. The molecule has 7 N–H and O–H groups in total. The van der Waals surface area contributed by atoms with Crippen LogP contribution in [0.25, 0.3) is 5.76 Å². The fourth-order valence-corrected chi connectivity index (χ4v) is 6.07. The smallest absolute Gasteiger partial charge is 0.508 e. The molecular formula is C26H29F3N4O9. The number of alkyl halides is 3. The molecular weight excluding hydrogens is 569 g/mol. The number of nitrogens with zero attached hydrogens (tertiary/aromatic N) is 2. The van der Waals surface area contributed by atoms with Crippen molar-refractivity contribution in [2.45, 2.75) is 30.8 Å². The number of ketones is 2. The summed E-state index contributed by atoms with van der Waals surface area (Å²) >= 11 is 0. The van der Waals surface area contributed by atoms with E-state index in [-0.39, 0.29) is 18.5 Å². The van der Waals surface area contributed by atoms with Gasteiger partial charge in [-0.15, -0.1) is 13.2 Å². The summed E-state index contributed by atoms with van der Waals surface area (Å²) < 4.78 is 44.4. The number of benzene rings is 1. The molecule has 3 aliphatic rings. The number of phenolic OH excluding ortho intramolecular Hbond substituents is 1. The Morgan fingerprint density at radius 2 is 1.79 bits per heavy atom. The molecule has 3 aliphatic carbocycles. The van der Waals surface area contributed by atoms with Crippen LogP contribution in [0.1, 0.15) is 17.5 Å². The number of hydrogen-bond donors (Lipinski definition) is 6. The number of ether oxygens (including phenoxy) is 1. The number of hydrogen-bond acceptors (Lipinski definition) is 11. The average Bonchev–Trinajstić information content (AvgIpc) is 2.82. The number of Topliss-reactive ketones (excluding diaryl/α,β-unsaturated/α-hetero) is 2. The summed E-state index contributed by atoms with van der Waals surface area (Å²) in [5.74, 6) is -11.1. The molecule has 0 aliphatic heterocycles. The molecule has 1 aromatic rings. The Morgan fingerprint density at radius 1 is 1.17 bits per heavy atom. The molecule has 0 aromatic heterocycles. The molecule has 4 atom stereocenters. The monoisotopic (exact) mass is 598 g/mol. The van der Waals surface area contributed by atoms with Gasteiger partial charge in [0.2, 0.25) is 11.7 Å². The molecule has 0 bridgehead atoms. The Morgan fingerprint density at radius 3 is 2.31 bits per heavy atom. The molecule has 1 saturated carbocycles. The number of primary amides is 1. The van der Waals surface area contributed by atoms with Crippen LogP contribution in [0.2, 0.25) is 0 Å². The van der Waals surface area contributed by atoms with E-state index in [9.17, 15) is 52.8 Å². The van der Waals surface area contributed by atoms with Crippen molar-refractivity contribution in [3.8, 4) is 11.5 Å². The summed E-state index contributed by atoms with van der Waals surface area (Å²) in [5.41, 5.74) is -0.839. The number of aromatic hydroxyl groups is 1. The van der Waals surface area contributed by atoms with Crippen molar-refractivity contribution in [1.29, 1.82) is 0 Å². The zero-order valence-corrected chi connectivity index (χ0v) is 22.9. The van der Waals surface area contributed by atoms with E-state index in [4.69, 9.17) is 5.73 Å². The van der Waals surface area contributed by atoms with Crippen molar-refractivity contribution < 1.29 is 57.5 Å². The molecule has 16 heteroatoms. The molecule has 13 nitrogen and oxygen atoms in total. The number of nitrogens with one attached hydrogen (secondary N) is 1. The lowest BCUT2D eigenvalue weighted by Crippen LogP contribution is -2.65. The van der Waals surface area contributed by atoms with Gasteiger partial charge in [0.25, 0.3) is 5.91 Å². The molecule has 0 heterocycles. The maximum atomic E-state index is 13.9. The van der Waals surface area contributed by atoms with Crippen molar-refractivity contribution >= 4 is 34.8 Å². The number of carbonyl (C=O) groups is 4. The van der Waals surface area contributed by atoms with Gasteiger partial charge in [0.1, 0.15) is 22.8 Å². The molecule has 1 aromatic carbocycles. The van der Waals surface area contributed by atoms with Crippen molar-refractivity contribution in [3.63, 3.8) is 0 Å². The van der Waals surface area contributed by atoms with Crippen LogP contribution in [-0.4, -0.2) is 106 Å². The third-order valence-corrected chi connectivity index (χ3v) is 7.64. The van der Waals surface area contributed by atoms with E-state index < -0.39 is 105 Å². The van der Waals surface area contributed by atoms with Crippen LogP contribution in [-0.2, 0) is 25.6 Å². The molecule has 42 heavy (non-hydrogen) atoms. The molecule has 228 valence electrons. The maximum Gasteiger partial charge on any atom is 0.573 e. The van der Waals surface area contributed by atoms with Crippen LogP contribution in [0.4, 0.5) is 18.9 Å². The highest BCUT2D eigenvalue weighted by Gasteiger charge is 2.64. The summed E-state index contributed by atoms with van der Waals surface area (Å²) in [6, 6.07) is -0.634. The van der Waals surface area contributed by atoms with Gasteiger partial charge in [0.05, 0.1) is 23.8 Å². The summed E-state index contributed by atoms with van der Waals surface area (Å²) in [6.07, 6.45) is -6.01. The molecule has 0 spiro atoms. The largest absolute Gasteiger partial charge is 0.573 e. The second kappa shape index (κ2) is 10.3. The van der Waals surface area contributed by atoms with Gasteiger partial charge < -0.3 is 41.1 Å². The number of nitrogens with two attached hydrogens (primary N) is 1. The van der Waals surface area contributed by atoms with Gasteiger partial charge in [-0.3, -0.25) is 24.1 Å². The highest BCUT2D eigenvalue weighted by atomic mass is 19.4. The number of fused-ring (bicyclic) bond motifs is 3. The number of likely N-dealkylation sites (N-methyl/N-ethyl adjacent to an activating group) is 2. The third-order valence-electron chi connectivity index (χ3n) is 7.64. The average molecular weight is 599 g/mol. The van der Waals surface area contributed by atoms with Crippen molar-refractivity contribution in [2.75, 3.05) is 40.1 Å². The van der Waals surface area contributed by atoms with Gasteiger partial charge in [0.15, 0.2) is 17.1 Å². The van der Waals surface area contributed by atoms with E-state index in [1.807, 2.05) is 0 Å². The molecule has 2 amide bonds. The van der Waals surface area contributed by atoms with Crippen LogP contribution in [0.3, 0.4) is 0 Å². The number of halogens is 3. The Labute approximate surface area is 236 Å². The number of rotatable bonds is 6. The number of carbonyl (C=O) groups excluding carboxylic acids is 4. The van der Waals surface area contributed by atoms with Crippen LogP contribution in [0, 0.1) is 11.8 Å².